The molecule has 1 amide bonds. The van der Waals surface area contributed by atoms with Crippen molar-refractivity contribution in [2.24, 2.45) is 0 Å². The highest BCUT2D eigenvalue weighted by atomic mass is 16.4. The van der Waals surface area contributed by atoms with Gasteiger partial charge in [-0.15, -0.1) is 0 Å². The number of aromatic nitrogens is 2. The molecule has 0 atom stereocenters. The van der Waals surface area contributed by atoms with Crippen LogP contribution < -0.4 is 10.9 Å². The van der Waals surface area contributed by atoms with Crippen LogP contribution in [0, 0.1) is 0 Å². The fraction of sp³-hybridized carbons (Fsp3) is 0.250. The van der Waals surface area contributed by atoms with Gasteiger partial charge in [0.2, 0.25) is 0 Å². The predicted molar refractivity (Wildman–Crippen MR) is 84.4 cm³/mol. The molecule has 0 aliphatic carbocycles. The summed E-state index contributed by atoms with van der Waals surface area (Å²) in [7, 11) is 0. The standard InChI is InChI=1S/C16H17N3O4/c1-9(2)10-3-5-11(6-4-10)12-7-17-15(22)14(19-12)16(23)18-8-13(20)21/h3-7,9H,8H2,1-2H3,(H,17,22)(H,18,23)(H,20,21). The number of aliphatic carboxylic acids is 1. The molecule has 0 unspecified atom stereocenters. The lowest BCUT2D eigenvalue weighted by molar-refractivity contribution is -0.135. The van der Waals surface area contributed by atoms with Gasteiger partial charge in [-0.2, -0.15) is 0 Å². The van der Waals surface area contributed by atoms with Crippen molar-refractivity contribution in [1.29, 1.82) is 0 Å². The largest absolute Gasteiger partial charge is 0.480 e. The lowest BCUT2D eigenvalue weighted by Crippen LogP contribution is -2.34. The minimum atomic E-state index is -1.20. The molecule has 0 saturated heterocycles. The maximum absolute atomic E-state index is 11.8. The van der Waals surface area contributed by atoms with Crippen molar-refractivity contribution >= 4 is 11.9 Å². The van der Waals surface area contributed by atoms with E-state index in [1.54, 1.807) is 0 Å². The molecule has 1 heterocycles. The Bertz CT molecular complexity index is 779. The van der Waals surface area contributed by atoms with Crippen LogP contribution in [0.3, 0.4) is 0 Å². The van der Waals surface area contributed by atoms with Gasteiger partial charge in [0.05, 0.1) is 5.69 Å². The Morgan fingerprint density at radius 1 is 1.26 bits per heavy atom. The summed E-state index contributed by atoms with van der Waals surface area (Å²) in [6.45, 7) is 3.59. The number of carbonyl (C=O) groups is 2. The topological polar surface area (TPSA) is 112 Å². The number of carboxylic acids is 1. The van der Waals surface area contributed by atoms with Gasteiger partial charge in [-0.1, -0.05) is 38.1 Å². The zero-order chi connectivity index (χ0) is 17.0. The lowest BCUT2D eigenvalue weighted by atomic mass is 10.0. The summed E-state index contributed by atoms with van der Waals surface area (Å²) in [6, 6.07) is 7.62. The van der Waals surface area contributed by atoms with E-state index < -0.39 is 24.0 Å². The van der Waals surface area contributed by atoms with Crippen LogP contribution >= 0.6 is 0 Å². The molecule has 0 bridgehead atoms. The van der Waals surface area contributed by atoms with E-state index in [0.717, 1.165) is 11.1 Å². The second kappa shape index (κ2) is 6.87. The maximum Gasteiger partial charge on any atom is 0.322 e. The molecule has 0 aliphatic rings. The SMILES string of the molecule is CC(C)c1ccc(-c2c[nH]c(=O)c(C(=O)NCC(=O)O)n2)cc1. The van der Waals surface area contributed by atoms with Crippen LogP contribution in [-0.4, -0.2) is 33.5 Å². The Morgan fingerprint density at radius 3 is 2.48 bits per heavy atom. The molecule has 120 valence electrons. The molecule has 0 saturated carbocycles. The molecule has 2 aromatic rings. The molecule has 0 spiro atoms. The monoisotopic (exact) mass is 315 g/mol. The summed E-state index contributed by atoms with van der Waals surface area (Å²) in [5, 5.41) is 10.7. The second-order valence-electron chi connectivity index (χ2n) is 5.32. The van der Waals surface area contributed by atoms with Gasteiger partial charge in [0.1, 0.15) is 6.54 Å². The molecule has 7 nitrogen and oxygen atoms in total. The van der Waals surface area contributed by atoms with Crippen molar-refractivity contribution in [2.75, 3.05) is 6.54 Å². The van der Waals surface area contributed by atoms with Gasteiger partial charge in [-0.05, 0) is 11.5 Å². The molecule has 1 aromatic carbocycles. The van der Waals surface area contributed by atoms with Gasteiger partial charge in [0, 0.05) is 11.8 Å². The molecular weight excluding hydrogens is 298 g/mol. The number of benzene rings is 1. The number of nitrogens with one attached hydrogen (secondary N) is 2. The molecule has 7 heteroatoms. The molecule has 0 aliphatic heterocycles. The van der Waals surface area contributed by atoms with Crippen molar-refractivity contribution in [1.82, 2.24) is 15.3 Å². The number of hydrogen-bond acceptors (Lipinski definition) is 4. The third kappa shape index (κ3) is 4.03. The van der Waals surface area contributed by atoms with Crippen LogP contribution in [0.15, 0.2) is 35.3 Å². The van der Waals surface area contributed by atoms with Crippen molar-refractivity contribution in [2.45, 2.75) is 19.8 Å². The van der Waals surface area contributed by atoms with Crippen LogP contribution in [0.1, 0.15) is 35.8 Å². The number of aromatic amines is 1. The van der Waals surface area contributed by atoms with E-state index in [-0.39, 0.29) is 5.69 Å². The normalized spacial score (nSPS) is 10.6. The first kappa shape index (κ1) is 16.4. The van der Waals surface area contributed by atoms with E-state index in [1.165, 1.54) is 6.20 Å². The van der Waals surface area contributed by atoms with Crippen molar-refractivity contribution in [3.63, 3.8) is 0 Å². The summed E-state index contributed by atoms with van der Waals surface area (Å²) in [5.41, 5.74) is 1.31. The summed E-state index contributed by atoms with van der Waals surface area (Å²) < 4.78 is 0. The predicted octanol–water partition coefficient (Wildman–Crippen LogP) is 1.37. The highest BCUT2D eigenvalue weighted by molar-refractivity contribution is 5.94. The third-order valence-corrected chi connectivity index (χ3v) is 3.28. The zero-order valence-electron chi connectivity index (χ0n) is 12.8. The fourth-order valence-electron chi connectivity index (χ4n) is 1.99. The molecule has 1 aromatic heterocycles. The van der Waals surface area contributed by atoms with Gasteiger partial charge >= 0.3 is 5.97 Å². The minimum Gasteiger partial charge on any atom is -0.480 e. The molecule has 0 radical (unpaired) electrons. The van der Waals surface area contributed by atoms with E-state index >= 15 is 0 Å². The molecular formula is C16H17N3O4. The van der Waals surface area contributed by atoms with Crippen LogP contribution in [0.25, 0.3) is 11.3 Å². The number of nitrogens with zero attached hydrogens (tertiary/aromatic N) is 1. The van der Waals surface area contributed by atoms with E-state index in [0.29, 0.717) is 11.6 Å². The first-order valence-electron chi connectivity index (χ1n) is 7.08. The Balaban J connectivity index is 2.31. The Kier molecular flexibility index (Phi) is 4.90. The van der Waals surface area contributed by atoms with Gasteiger partial charge in [-0.3, -0.25) is 14.4 Å². The number of H-pyrrole nitrogens is 1. The number of hydrogen-bond donors (Lipinski definition) is 3. The number of amides is 1. The van der Waals surface area contributed by atoms with E-state index in [1.807, 2.05) is 24.3 Å². The highest BCUT2D eigenvalue weighted by Crippen LogP contribution is 2.20. The Labute approximate surface area is 132 Å². The van der Waals surface area contributed by atoms with Crippen LogP contribution in [-0.2, 0) is 4.79 Å². The van der Waals surface area contributed by atoms with E-state index in [2.05, 4.69) is 29.1 Å². The van der Waals surface area contributed by atoms with Gasteiger partial charge in [0.25, 0.3) is 11.5 Å². The average Bonchev–Trinajstić information content (AvgIpc) is 2.53. The molecule has 2 rings (SSSR count). The maximum atomic E-state index is 11.8. The van der Waals surface area contributed by atoms with Crippen molar-refractivity contribution in [3.05, 3.63) is 52.1 Å². The quantitative estimate of drug-likeness (QED) is 0.771. The van der Waals surface area contributed by atoms with Gasteiger partial charge in [-0.25, -0.2) is 4.98 Å². The second-order valence-corrected chi connectivity index (χ2v) is 5.32. The summed E-state index contributed by atoms with van der Waals surface area (Å²) in [6.07, 6.45) is 1.42. The van der Waals surface area contributed by atoms with Crippen LogP contribution in [0.5, 0.6) is 0 Å². The lowest BCUT2D eigenvalue weighted by Gasteiger charge is -2.07. The average molecular weight is 315 g/mol. The summed E-state index contributed by atoms with van der Waals surface area (Å²) >= 11 is 0. The van der Waals surface area contributed by atoms with E-state index in [4.69, 9.17) is 5.11 Å². The first-order valence-corrected chi connectivity index (χ1v) is 7.08. The summed E-state index contributed by atoms with van der Waals surface area (Å²) in [5.74, 6) is -1.63. The molecule has 0 fully saturated rings. The summed E-state index contributed by atoms with van der Waals surface area (Å²) in [4.78, 5) is 40.5. The van der Waals surface area contributed by atoms with Gasteiger partial charge < -0.3 is 15.4 Å². The van der Waals surface area contributed by atoms with E-state index in [9.17, 15) is 14.4 Å². The smallest absolute Gasteiger partial charge is 0.322 e. The first-order chi connectivity index (χ1) is 10.9. The number of carbonyl (C=O) groups excluding carboxylic acids is 1. The Hall–Kier alpha value is -2.96. The fourth-order valence-corrected chi connectivity index (χ4v) is 1.99. The van der Waals surface area contributed by atoms with Gasteiger partial charge in [0.15, 0.2) is 5.69 Å². The molecule has 23 heavy (non-hydrogen) atoms. The van der Waals surface area contributed by atoms with Crippen molar-refractivity contribution in [3.8, 4) is 11.3 Å². The Morgan fingerprint density at radius 2 is 1.91 bits per heavy atom. The molecule has 3 N–H and O–H groups in total. The third-order valence-electron chi connectivity index (χ3n) is 3.28. The van der Waals surface area contributed by atoms with Crippen LogP contribution in [0.4, 0.5) is 0 Å². The minimum absolute atomic E-state index is 0.364. The number of rotatable bonds is 5. The zero-order valence-corrected chi connectivity index (χ0v) is 12.8. The van der Waals surface area contributed by atoms with Crippen LogP contribution in [0.2, 0.25) is 0 Å². The number of carboxylic acid groups (broad SMARTS) is 1. The van der Waals surface area contributed by atoms with Crippen molar-refractivity contribution < 1.29 is 14.7 Å². The highest BCUT2D eigenvalue weighted by Gasteiger charge is 2.15.